The van der Waals surface area contributed by atoms with Crippen molar-refractivity contribution < 1.29 is 9.59 Å². The largest absolute Gasteiger partial charge is 0.354 e. The zero-order chi connectivity index (χ0) is 18.2. The number of carbonyl (C=O) groups excluding carboxylic acids is 2. The minimum atomic E-state index is -0.556. The maximum absolute atomic E-state index is 12.0. The molecule has 0 unspecified atom stereocenters. The van der Waals surface area contributed by atoms with Crippen LogP contribution in [0, 0.1) is 0 Å². The van der Waals surface area contributed by atoms with E-state index in [9.17, 15) is 9.59 Å². The van der Waals surface area contributed by atoms with Crippen molar-refractivity contribution in [2.75, 3.05) is 12.3 Å². The molecule has 0 spiro atoms. The van der Waals surface area contributed by atoms with Crippen LogP contribution in [-0.2, 0) is 16.6 Å². The number of nitrogens with one attached hydrogen (secondary N) is 2. The summed E-state index contributed by atoms with van der Waals surface area (Å²) < 4.78 is 1.85. The number of benzene rings is 1. The fourth-order valence-electron chi connectivity index (χ4n) is 2.16. The van der Waals surface area contributed by atoms with Gasteiger partial charge in [0.1, 0.15) is 6.04 Å². The van der Waals surface area contributed by atoms with Gasteiger partial charge in [0.25, 0.3) is 0 Å². The molecule has 2 N–H and O–H groups in total. The van der Waals surface area contributed by atoms with E-state index in [1.165, 1.54) is 11.8 Å². The first-order valence-corrected chi connectivity index (χ1v) is 9.16. The summed E-state index contributed by atoms with van der Waals surface area (Å²) in [4.78, 5) is 23.8. The molecule has 2 amide bonds. The van der Waals surface area contributed by atoms with E-state index in [1.54, 1.807) is 6.92 Å². The number of nitrogens with zero attached hydrogens (tertiary/aromatic N) is 3. The molecule has 8 heteroatoms. The molecule has 0 bridgehead atoms. The highest BCUT2D eigenvalue weighted by Gasteiger charge is 2.17. The molecule has 2 aromatic rings. The Bertz CT molecular complexity index is 717. The lowest BCUT2D eigenvalue weighted by atomic mass is 10.2. The number of hydrogen-bond donors (Lipinski definition) is 2. The zero-order valence-corrected chi connectivity index (χ0v) is 15.5. The summed E-state index contributed by atoms with van der Waals surface area (Å²) in [6.07, 6.45) is 0.859. The van der Waals surface area contributed by atoms with Crippen molar-refractivity contribution >= 4 is 23.6 Å². The molecule has 0 radical (unpaired) electrons. The average molecular weight is 361 g/mol. The van der Waals surface area contributed by atoms with Crippen molar-refractivity contribution in [1.29, 1.82) is 0 Å². The Morgan fingerprint density at radius 3 is 2.64 bits per heavy atom. The number of amides is 2. The van der Waals surface area contributed by atoms with Gasteiger partial charge in [0.2, 0.25) is 11.8 Å². The van der Waals surface area contributed by atoms with Gasteiger partial charge in [-0.2, -0.15) is 0 Å². The highest BCUT2D eigenvalue weighted by molar-refractivity contribution is 7.99. The number of rotatable bonds is 8. The van der Waals surface area contributed by atoms with Crippen molar-refractivity contribution in [1.82, 2.24) is 25.4 Å². The number of carbonyl (C=O) groups is 2. The third kappa shape index (κ3) is 5.32. The summed E-state index contributed by atoms with van der Waals surface area (Å²) in [5.41, 5.74) is 0.968. The number of aromatic nitrogens is 3. The molecule has 134 valence electrons. The van der Waals surface area contributed by atoms with Gasteiger partial charge in [-0.1, -0.05) is 49.0 Å². The van der Waals surface area contributed by atoms with E-state index in [0.29, 0.717) is 11.7 Å². The lowest BCUT2D eigenvalue weighted by molar-refractivity contribution is -0.127. The molecule has 1 heterocycles. The highest BCUT2D eigenvalue weighted by atomic mass is 32.2. The molecule has 0 saturated carbocycles. The molecular formula is C17H23N5O2S. The second-order valence-electron chi connectivity index (χ2n) is 5.60. The normalized spacial score (nSPS) is 11.8. The molecule has 2 rings (SSSR count). The molecule has 0 fully saturated rings. The van der Waals surface area contributed by atoms with Crippen LogP contribution in [0.15, 0.2) is 35.5 Å². The van der Waals surface area contributed by atoms with E-state index in [2.05, 4.69) is 20.8 Å². The fraction of sp³-hybridized carbons (Fsp3) is 0.412. The van der Waals surface area contributed by atoms with Gasteiger partial charge in [-0.15, -0.1) is 10.2 Å². The summed E-state index contributed by atoms with van der Waals surface area (Å²) in [6.45, 7) is 4.25. The van der Waals surface area contributed by atoms with Gasteiger partial charge in [0.05, 0.1) is 5.75 Å². The first kappa shape index (κ1) is 19.0. The van der Waals surface area contributed by atoms with Crippen LogP contribution in [0.5, 0.6) is 0 Å². The molecule has 0 aliphatic carbocycles. The predicted molar refractivity (Wildman–Crippen MR) is 98.1 cm³/mol. The van der Waals surface area contributed by atoms with E-state index in [4.69, 9.17) is 0 Å². The van der Waals surface area contributed by atoms with Gasteiger partial charge < -0.3 is 15.2 Å². The third-order valence-corrected chi connectivity index (χ3v) is 4.54. The van der Waals surface area contributed by atoms with Crippen LogP contribution in [0.3, 0.4) is 0 Å². The van der Waals surface area contributed by atoms with Gasteiger partial charge in [0.15, 0.2) is 11.0 Å². The van der Waals surface area contributed by atoms with Crippen LogP contribution in [0.1, 0.15) is 20.3 Å². The Morgan fingerprint density at radius 1 is 1.24 bits per heavy atom. The van der Waals surface area contributed by atoms with Crippen LogP contribution < -0.4 is 10.6 Å². The first-order chi connectivity index (χ1) is 12.0. The van der Waals surface area contributed by atoms with Gasteiger partial charge >= 0.3 is 0 Å². The molecule has 1 atom stereocenters. The quantitative estimate of drug-likeness (QED) is 0.697. The molecule has 1 aromatic carbocycles. The molecule has 1 aromatic heterocycles. The predicted octanol–water partition coefficient (Wildman–Crippen LogP) is 1.61. The van der Waals surface area contributed by atoms with Gasteiger partial charge in [-0.25, -0.2) is 0 Å². The van der Waals surface area contributed by atoms with Crippen molar-refractivity contribution in [3.05, 3.63) is 30.3 Å². The molecule has 0 saturated heterocycles. The van der Waals surface area contributed by atoms with Crippen LogP contribution in [0.2, 0.25) is 0 Å². The van der Waals surface area contributed by atoms with Crippen LogP contribution in [-0.4, -0.2) is 44.9 Å². The van der Waals surface area contributed by atoms with Crippen LogP contribution in [0.25, 0.3) is 11.4 Å². The Balaban J connectivity index is 1.88. The van der Waals surface area contributed by atoms with Gasteiger partial charge in [0, 0.05) is 19.2 Å². The van der Waals surface area contributed by atoms with E-state index in [0.717, 1.165) is 17.8 Å². The zero-order valence-electron chi connectivity index (χ0n) is 14.7. The number of hydrogen-bond acceptors (Lipinski definition) is 5. The fourth-order valence-corrected chi connectivity index (χ4v) is 2.88. The maximum atomic E-state index is 12.0. The lowest BCUT2D eigenvalue weighted by Gasteiger charge is -2.13. The van der Waals surface area contributed by atoms with E-state index >= 15 is 0 Å². The lowest BCUT2D eigenvalue weighted by Crippen LogP contribution is -2.45. The van der Waals surface area contributed by atoms with Gasteiger partial charge in [-0.3, -0.25) is 9.59 Å². The molecule has 0 aliphatic heterocycles. The molecule has 0 aliphatic rings. The average Bonchev–Trinajstić information content (AvgIpc) is 2.99. The Morgan fingerprint density at radius 2 is 1.96 bits per heavy atom. The summed E-state index contributed by atoms with van der Waals surface area (Å²) in [7, 11) is 1.86. The summed E-state index contributed by atoms with van der Waals surface area (Å²) in [5, 5.41) is 14.4. The van der Waals surface area contributed by atoms with Crippen molar-refractivity contribution in [2.24, 2.45) is 7.05 Å². The van der Waals surface area contributed by atoms with Crippen molar-refractivity contribution in [3.8, 4) is 11.4 Å². The summed E-state index contributed by atoms with van der Waals surface area (Å²) in [5.74, 6) is 0.529. The van der Waals surface area contributed by atoms with Crippen molar-refractivity contribution in [3.63, 3.8) is 0 Å². The minimum absolute atomic E-state index is 0.173. The second-order valence-corrected chi connectivity index (χ2v) is 6.54. The SMILES string of the molecule is CCCNC(=O)[C@@H](C)NC(=O)CSc1nnc(-c2ccccc2)n1C. The smallest absolute Gasteiger partial charge is 0.242 e. The Kier molecular flexibility index (Phi) is 7.00. The summed E-state index contributed by atoms with van der Waals surface area (Å²) >= 11 is 1.29. The maximum Gasteiger partial charge on any atom is 0.242 e. The molecular weight excluding hydrogens is 338 g/mol. The van der Waals surface area contributed by atoms with Crippen molar-refractivity contribution in [2.45, 2.75) is 31.5 Å². The standard InChI is InChI=1S/C17H23N5O2S/c1-4-10-18-16(24)12(2)19-14(23)11-25-17-21-20-15(22(17)3)13-8-6-5-7-9-13/h5-9,12H,4,10-11H2,1-3H3,(H,18,24)(H,19,23)/t12-/m1/s1. The summed E-state index contributed by atoms with van der Waals surface area (Å²) in [6, 6.07) is 9.19. The second kappa shape index (κ2) is 9.22. The third-order valence-electron chi connectivity index (χ3n) is 3.52. The topological polar surface area (TPSA) is 88.9 Å². The minimum Gasteiger partial charge on any atom is -0.354 e. The molecule has 7 nitrogen and oxygen atoms in total. The highest BCUT2D eigenvalue weighted by Crippen LogP contribution is 2.22. The Hall–Kier alpha value is -2.35. The number of thioether (sulfide) groups is 1. The van der Waals surface area contributed by atoms with E-state index in [-0.39, 0.29) is 17.6 Å². The van der Waals surface area contributed by atoms with Crippen LogP contribution >= 0.6 is 11.8 Å². The monoisotopic (exact) mass is 361 g/mol. The van der Waals surface area contributed by atoms with Crippen LogP contribution in [0.4, 0.5) is 0 Å². The molecule has 25 heavy (non-hydrogen) atoms. The van der Waals surface area contributed by atoms with E-state index < -0.39 is 6.04 Å². The van der Waals surface area contributed by atoms with E-state index in [1.807, 2.05) is 48.9 Å². The first-order valence-electron chi connectivity index (χ1n) is 8.17. The Labute approximate surface area is 151 Å². The van der Waals surface area contributed by atoms with Gasteiger partial charge in [-0.05, 0) is 13.3 Å².